The molecule has 0 aliphatic carbocycles. The Morgan fingerprint density at radius 3 is 2.63 bits per heavy atom. The molecule has 108 valence electrons. The zero-order valence-corrected chi connectivity index (χ0v) is 12.2. The van der Waals surface area contributed by atoms with Gasteiger partial charge in [0, 0.05) is 13.7 Å². The molecule has 0 saturated heterocycles. The number of hydrogen-bond donors (Lipinski definition) is 1. The maximum atomic E-state index is 10.0. The molecule has 0 fully saturated rings. The van der Waals surface area contributed by atoms with E-state index in [0.29, 0.717) is 6.61 Å². The zero-order valence-electron chi connectivity index (χ0n) is 12.2. The highest BCUT2D eigenvalue weighted by Crippen LogP contribution is 2.19. The maximum absolute atomic E-state index is 10.0. The molecule has 1 unspecified atom stereocenters. The molecule has 0 aliphatic rings. The predicted octanol–water partition coefficient (Wildman–Crippen LogP) is 2.56. The normalized spacial score (nSPS) is 13.3. The summed E-state index contributed by atoms with van der Waals surface area (Å²) in [5.74, 6) is 0.733. The fraction of sp³-hybridized carbons (Fsp3) is 0.600. The van der Waals surface area contributed by atoms with Crippen molar-refractivity contribution in [3.8, 4) is 5.75 Å². The second-order valence-corrected chi connectivity index (χ2v) is 5.08. The third kappa shape index (κ3) is 5.59. The molecule has 4 heteroatoms. The first-order valence-electron chi connectivity index (χ1n) is 6.43. The van der Waals surface area contributed by atoms with Crippen molar-refractivity contribution in [1.29, 1.82) is 0 Å². The number of methoxy groups -OCH3 is 2. The Balaban J connectivity index is 2.36. The van der Waals surface area contributed by atoms with E-state index in [0.717, 1.165) is 17.7 Å². The number of rotatable bonds is 8. The largest absolute Gasteiger partial charge is 0.497 e. The second-order valence-electron chi connectivity index (χ2n) is 5.08. The number of ether oxygens (including phenoxy) is 3. The lowest BCUT2D eigenvalue weighted by Crippen LogP contribution is -2.25. The molecule has 1 atom stereocenters. The van der Waals surface area contributed by atoms with Crippen LogP contribution in [0.1, 0.15) is 31.9 Å². The molecule has 0 saturated carbocycles. The lowest BCUT2D eigenvalue weighted by Gasteiger charge is -2.22. The highest BCUT2D eigenvalue weighted by atomic mass is 16.5. The van der Waals surface area contributed by atoms with Gasteiger partial charge in [0.05, 0.1) is 19.3 Å². The van der Waals surface area contributed by atoms with E-state index in [1.54, 1.807) is 14.2 Å². The van der Waals surface area contributed by atoms with Crippen molar-refractivity contribution in [2.45, 2.75) is 32.0 Å². The molecule has 1 rings (SSSR count). The molecule has 4 nitrogen and oxygen atoms in total. The summed E-state index contributed by atoms with van der Waals surface area (Å²) >= 11 is 0. The van der Waals surface area contributed by atoms with Crippen LogP contribution in [0.15, 0.2) is 24.3 Å². The van der Waals surface area contributed by atoms with Gasteiger partial charge in [-0.2, -0.15) is 0 Å². The van der Waals surface area contributed by atoms with Crippen LogP contribution in [0, 0.1) is 0 Å². The average Bonchev–Trinajstić information content (AvgIpc) is 2.43. The molecule has 19 heavy (non-hydrogen) atoms. The zero-order chi connectivity index (χ0) is 14.3. The Bertz CT molecular complexity index is 376. The second kappa shape index (κ2) is 7.48. The molecule has 0 spiro atoms. The highest BCUT2D eigenvalue weighted by molar-refractivity contribution is 5.29. The van der Waals surface area contributed by atoms with Gasteiger partial charge in [-0.15, -0.1) is 0 Å². The number of aliphatic hydroxyl groups excluding tert-OH is 1. The summed E-state index contributed by atoms with van der Waals surface area (Å²) in [6, 6.07) is 7.37. The Morgan fingerprint density at radius 1 is 1.26 bits per heavy atom. The van der Waals surface area contributed by atoms with Crippen LogP contribution in [-0.2, 0) is 9.47 Å². The van der Waals surface area contributed by atoms with E-state index in [4.69, 9.17) is 14.2 Å². The van der Waals surface area contributed by atoms with Crippen molar-refractivity contribution >= 4 is 0 Å². The third-order valence-electron chi connectivity index (χ3n) is 3.16. The Morgan fingerprint density at radius 2 is 2.00 bits per heavy atom. The minimum absolute atomic E-state index is 0.194. The maximum Gasteiger partial charge on any atom is 0.119 e. The van der Waals surface area contributed by atoms with Crippen LogP contribution in [0.25, 0.3) is 0 Å². The fourth-order valence-electron chi connectivity index (χ4n) is 1.56. The van der Waals surface area contributed by atoms with E-state index in [1.807, 2.05) is 38.1 Å². The van der Waals surface area contributed by atoms with Crippen molar-refractivity contribution in [3.05, 3.63) is 29.8 Å². The molecule has 0 aromatic heterocycles. The van der Waals surface area contributed by atoms with E-state index in [1.165, 1.54) is 0 Å². The van der Waals surface area contributed by atoms with Gasteiger partial charge in [-0.1, -0.05) is 12.1 Å². The van der Waals surface area contributed by atoms with Crippen LogP contribution in [0.5, 0.6) is 5.75 Å². The minimum atomic E-state index is -0.638. The summed E-state index contributed by atoms with van der Waals surface area (Å²) in [7, 11) is 3.29. The summed E-state index contributed by atoms with van der Waals surface area (Å²) in [6.07, 6.45) is 0.148. The standard InChI is InChI=1S/C15H24O4/c1-15(2,18-4)8-9-19-11-14(16)12-6-5-7-13(10-12)17-3/h5-7,10,14,16H,8-9,11H2,1-4H3. The van der Waals surface area contributed by atoms with Gasteiger partial charge in [-0.3, -0.25) is 0 Å². The van der Waals surface area contributed by atoms with Gasteiger partial charge >= 0.3 is 0 Å². The van der Waals surface area contributed by atoms with E-state index in [-0.39, 0.29) is 12.2 Å². The number of hydrogen-bond acceptors (Lipinski definition) is 4. The van der Waals surface area contributed by atoms with E-state index < -0.39 is 6.10 Å². The van der Waals surface area contributed by atoms with E-state index in [9.17, 15) is 5.11 Å². The quantitative estimate of drug-likeness (QED) is 0.736. The lowest BCUT2D eigenvalue weighted by molar-refractivity contribution is -0.0249. The van der Waals surface area contributed by atoms with Crippen molar-refractivity contribution in [2.24, 2.45) is 0 Å². The van der Waals surface area contributed by atoms with Crippen molar-refractivity contribution in [2.75, 3.05) is 27.4 Å². The number of benzene rings is 1. The first kappa shape index (κ1) is 16.0. The molecule has 0 bridgehead atoms. The van der Waals surface area contributed by atoms with Crippen molar-refractivity contribution < 1.29 is 19.3 Å². The van der Waals surface area contributed by atoms with Gasteiger partial charge in [-0.05, 0) is 38.0 Å². The Hall–Kier alpha value is -1.10. The lowest BCUT2D eigenvalue weighted by atomic mass is 10.1. The van der Waals surface area contributed by atoms with Crippen molar-refractivity contribution in [3.63, 3.8) is 0 Å². The topological polar surface area (TPSA) is 47.9 Å². The summed E-state index contributed by atoms with van der Waals surface area (Å²) in [5.41, 5.74) is 0.603. The molecular weight excluding hydrogens is 244 g/mol. The van der Waals surface area contributed by atoms with Crippen LogP contribution < -0.4 is 4.74 Å². The predicted molar refractivity (Wildman–Crippen MR) is 74.5 cm³/mol. The number of aliphatic hydroxyl groups is 1. The Labute approximate surface area is 115 Å². The summed E-state index contributed by atoms with van der Waals surface area (Å²) in [6.45, 7) is 4.85. The van der Waals surface area contributed by atoms with E-state index in [2.05, 4.69) is 0 Å². The van der Waals surface area contributed by atoms with Crippen molar-refractivity contribution in [1.82, 2.24) is 0 Å². The molecular formula is C15H24O4. The molecule has 0 amide bonds. The molecule has 1 aromatic carbocycles. The molecule has 0 radical (unpaired) electrons. The van der Waals surface area contributed by atoms with Gasteiger partial charge in [0.1, 0.15) is 11.9 Å². The minimum Gasteiger partial charge on any atom is -0.497 e. The van der Waals surface area contributed by atoms with Gasteiger partial charge < -0.3 is 19.3 Å². The van der Waals surface area contributed by atoms with Gasteiger partial charge in [0.15, 0.2) is 0 Å². The van der Waals surface area contributed by atoms with Crippen LogP contribution in [0.3, 0.4) is 0 Å². The van der Waals surface area contributed by atoms with E-state index >= 15 is 0 Å². The molecule has 1 aromatic rings. The highest BCUT2D eigenvalue weighted by Gasteiger charge is 2.16. The van der Waals surface area contributed by atoms with Crippen LogP contribution >= 0.6 is 0 Å². The fourth-order valence-corrected chi connectivity index (χ4v) is 1.56. The van der Waals surface area contributed by atoms with Crippen LogP contribution in [-0.4, -0.2) is 38.1 Å². The first-order valence-corrected chi connectivity index (χ1v) is 6.43. The van der Waals surface area contributed by atoms with Gasteiger partial charge in [0.25, 0.3) is 0 Å². The molecule has 1 N–H and O–H groups in total. The Kier molecular flexibility index (Phi) is 6.28. The summed E-state index contributed by atoms with van der Waals surface area (Å²) in [5, 5.41) is 10.0. The summed E-state index contributed by atoms with van der Waals surface area (Å²) < 4.78 is 15.9. The third-order valence-corrected chi connectivity index (χ3v) is 3.16. The smallest absolute Gasteiger partial charge is 0.119 e. The first-order chi connectivity index (χ1) is 8.98. The average molecular weight is 268 g/mol. The summed E-state index contributed by atoms with van der Waals surface area (Å²) in [4.78, 5) is 0. The van der Waals surface area contributed by atoms with Crippen LogP contribution in [0.4, 0.5) is 0 Å². The molecule has 0 aliphatic heterocycles. The van der Waals surface area contributed by atoms with Crippen LogP contribution in [0.2, 0.25) is 0 Å². The van der Waals surface area contributed by atoms with Gasteiger partial charge in [0.2, 0.25) is 0 Å². The van der Waals surface area contributed by atoms with Gasteiger partial charge in [-0.25, -0.2) is 0 Å². The molecule has 0 heterocycles. The SMILES string of the molecule is COc1cccc(C(O)COCCC(C)(C)OC)c1. The monoisotopic (exact) mass is 268 g/mol.